The molecule has 1 aromatic heterocycles. The zero-order valence-corrected chi connectivity index (χ0v) is 13.7. The third-order valence-electron chi connectivity index (χ3n) is 4.47. The maximum absolute atomic E-state index is 12.6. The summed E-state index contributed by atoms with van der Waals surface area (Å²) in [6, 6.07) is 4.69. The molecule has 0 aliphatic carbocycles. The van der Waals surface area contributed by atoms with E-state index < -0.39 is 11.9 Å². The lowest BCUT2D eigenvalue weighted by Crippen LogP contribution is -2.44. The van der Waals surface area contributed by atoms with Crippen LogP contribution in [0.15, 0.2) is 23.0 Å². The SMILES string of the molecule is CCC(=O)Cc1ccc2c(c1)n(C)c(=O)n2C1CCC(=O)NC1=O. The van der Waals surface area contributed by atoms with Crippen LogP contribution < -0.4 is 11.0 Å². The highest BCUT2D eigenvalue weighted by molar-refractivity contribution is 6.00. The number of carbonyl (C=O) groups is 3. The Hall–Kier alpha value is -2.70. The first kappa shape index (κ1) is 16.2. The lowest BCUT2D eigenvalue weighted by atomic mass is 10.0. The van der Waals surface area contributed by atoms with Gasteiger partial charge in [0.1, 0.15) is 11.8 Å². The van der Waals surface area contributed by atoms with Gasteiger partial charge in [-0.1, -0.05) is 13.0 Å². The Morgan fingerprint density at radius 2 is 2.00 bits per heavy atom. The van der Waals surface area contributed by atoms with E-state index in [2.05, 4.69) is 5.32 Å². The normalized spacial score (nSPS) is 18.0. The van der Waals surface area contributed by atoms with Gasteiger partial charge in [-0.3, -0.25) is 28.8 Å². The summed E-state index contributed by atoms with van der Waals surface area (Å²) < 4.78 is 2.90. The third kappa shape index (κ3) is 2.66. The predicted molar refractivity (Wildman–Crippen MR) is 87.6 cm³/mol. The molecule has 1 aliphatic heterocycles. The number of hydrogen-bond acceptors (Lipinski definition) is 4. The molecule has 2 amide bonds. The number of hydrogen-bond donors (Lipinski definition) is 1. The van der Waals surface area contributed by atoms with Gasteiger partial charge >= 0.3 is 5.69 Å². The molecule has 7 heteroatoms. The molecule has 1 aliphatic rings. The molecule has 0 bridgehead atoms. The van der Waals surface area contributed by atoms with Crippen molar-refractivity contribution in [2.75, 3.05) is 0 Å². The summed E-state index contributed by atoms with van der Waals surface area (Å²) in [6.07, 6.45) is 1.31. The second-order valence-corrected chi connectivity index (χ2v) is 6.07. The summed E-state index contributed by atoms with van der Waals surface area (Å²) in [7, 11) is 1.64. The first-order valence-corrected chi connectivity index (χ1v) is 7.97. The standard InChI is InChI=1S/C17H19N3O4/c1-3-11(21)8-10-4-5-12-14(9-10)19(2)17(24)20(12)13-6-7-15(22)18-16(13)23/h4-5,9,13H,3,6-8H2,1-2H3,(H,18,22,23). The number of ketones is 1. The molecular formula is C17H19N3O4. The summed E-state index contributed by atoms with van der Waals surface area (Å²) in [5.74, 6) is -0.639. The van der Waals surface area contributed by atoms with Gasteiger partial charge in [-0.15, -0.1) is 0 Å². The van der Waals surface area contributed by atoms with Crippen molar-refractivity contribution in [1.82, 2.24) is 14.5 Å². The first-order chi connectivity index (χ1) is 11.4. The highest BCUT2D eigenvalue weighted by atomic mass is 16.2. The van der Waals surface area contributed by atoms with Crippen molar-refractivity contribution >= 4 is 28.6 Å². The van der Waals surface area contributed by atoms with Crippen LogP contribution in [0.3, 0.4) is 0 Å². The number of rotatable bonds is 4. The second-order valence-electron chi connectivity index (χ2n) is 6.07. The number of piperidine rings is 1. The number of carbonyl (C=O) groups excluding carboxylic acids is 3. The van der Waals surface area contributed by atoms with E-state index in [4.69, 9.17) is 0 Å². The fraction of sp³-hybridized carbons (Fsp3) is 0.412. The van der Waals surface area contributed by atoms with E-state index in [1.165, 1.54) is 9.13 Å². The molecule has 0 radical (unpaired) electrons. The van der Waals surface area contributed by atoms with Gasteiger partial charge < -0.3 is 0 Å². The van der Waals surface area contributed by atoms with Gasteiger partial charge in [-0.05, 0) is 24.1 Å². The zero-order chi connectivity index (χ0) is 17.4. The number of nitrogens with one attached hydrogen (secondary N) is 1. The van der Waals surface area contributed by atoms with Crippen LogP contribution in [-0.4, -0.2) is 26.7 Å². The van der Waals surface area contributed by atoms with E-state index in [-0.39, 0.29) is 23.8 Å². The van der Waals surface area contributed by atoms with Crippen molar-refractivity contribution in [2.24, 2.45) is 7.05 Å². The van der Waals surface area contributed by atoms with Crippen molar-refractivity contribution < 1.29 is 14.4 Å². The van der Waals surface area contributed by atoms with Gasteiger partial charge in [0.15, 0.2) is 0 Å². The number of benzene rings is 1. The van der Waals surface area contributed by atoms with Crippen molar-refractivity contribution in [3.05, 3.63) is 34.2 Å². The molecule has 126 valence electrons. The van der Waals surface area contributed by atoms with E-state index in [0.29, 0.717) is 30.3 Å². The number of aromatic nitrogens is 2. The van der Waals surface area contributed by atoms with E-state index in [1.54, 1.807) is 19.2 Å². The van der Waals surface area contributed by atoms with Gasteiger partial charge in [0.2, 0.25) is 11.8 Å². The monoisotopic (exact) mass is 329 g/mol. The van der Waals surface area contributed by atoms with Crippen LogP contribution in [0.1, 0.15) is 37.8 Å². The second kappa shape index (κ2) is 6.07. The zero-order valence-electron chi connectivity index (χ0n) is 13.7. The minimum absolute atomic E-state index is 0.129. The number of fused-ring (bicyclic) bond motifs is 1. The molecule has 1 aromatic carbocycles. The Bertz CT molecular complexity index is 906. The molecule has 24 heavy (non-hydrogen) atoms. The molecule has 7 nitrogen and oxygen atoms in total. The van der Waals surface area contributed by atoms with Gasteiger partial charge in [0.05, 0.1) is 11.0 Å². The molecule has 1 unspecified atom stereocenters. The smallest absolute Gasteiger partial charge is 0.299 e. The fourth-order valence-corrected chi connectivity index (χ4v) is 3.10. The number of imidazole rings is 1. The van der Waals surface area contributed by atoms with Gasteiger partial charge in [0, 0.05) is 26.3 Å². The minimum atomic E-state index is -0.693. The average Bonchev–Trinajstić information content (AvgIpc) is 2.79. The lowest BCUT2D eigenvalue weighted by molar-refractivity contribution is -0.135. The Kier molecular flexibility index (Phi) is 4.09. The molecule has 1 saturated heterocycles. The Balaban J connectivity index is 2.08. The highest BCUT2D eigenvalue weighted by Gasteiger charge is 2.31. The Labute approximate surface area is 138 Å². The lowest BCUT2D eigenvalue weighted by Gasteiger charge is -2.21. The van der Waals surface area contributed by atoms with Crippen LogP contribution in [0.2, 0.25) is 0 Å². The van der Waals surface area contributed by atoms with Gasteiger partial charge in [0.25, 0.3) is 0 Å². The number of nitrogens with zero attached hydrogens (tertiary/aromatic N) is 2. The maximum atomic E-state index is 12.6. The summed E-state index contributed by atoms with van der Waals surface area (Å²) >= 11 is 0. The van der Waals surface area contributed by atoms with E-state index >= 15 is 0 Å². The molecule has 1 atom stereocenters. The quantitative estimate of drug-likeness (QED) is 0.842. The van der Waals surface area contributed by atoms with Gasteiger partial charge in [-0.2, -0.15) is 0 Å². The summed E-state index contributed by atoms with van der Waals surface area (Å²) in [5.41, 5.74) is 1.83. The summed E-state index contributed by atoms with van der Waals surface area (Å²) in [4.78, 5) is 47.7. The molecule has 0 spiro atoms. The number of aryl methyl sites for hydroxylation is 1. The van der Waals surface area contributed by atoms with E-state index in [0.717, 1.165) is 5.56 Å². The van der Waals surface area contributed by atoms with Crippen molar-refractivity contribution in [2.45, 2.75) is 38.6 Å². The van der Waals surface area contributed by atoms with Crippen molar-refractivity contribution in [1.29, 1.82) is 0 Å². The summed E-state index contributed by atoms with van der Waals surface area (Å²) in [5, 5.41) is 2.28. The third-order valence-corrected chi connectivity index (χ3v) is 4.47. The van der Waals surface area contributed by atoms with E-state index in [1.807, 2.05) is 13.0 Å². The van der Waals surface area contributed by atoms with Crippen LogP contribution in [0, 0.1) is 0 Å². The van der Waals surface area contributed by atoms with Crippen LogP contribution in [0.4, 0.5) is 0 Å². The summed E-state index contributed by atoms with van der Waals surface area (Å²) in [6.45, 7) is 1.82. The molecule has 0 saturated carbocycles. The molecule has 1 fully saturated rings. The predicted octanol–water partition coefficient (Wildman–Crippen LogP) is 0.839. The van der Waals surface area contributed by atoms with E-state index in [9.17, 15) is 19.2 Å². The number of amides is 2. The Morgan fingerprint density at radius 1 is 1.25 bits per heavy atom. The molecule has 2 heterocycles. The first-order valence-electron chi connectivity index (χ1n) is 7.97. The molecule has 2 aromatic rings. The van der Waals surface area contributed by atoms with Crippen molar-refractivity contribution in [3.8, 4) is 0 Å². The van der Waals surface area contributed by atoms with Crippen LogP contribution >= 0.6 is 0 Å². The van der Waals surface area contributed by atoms with Crippen molar-refractivity contribution in [3.63, 3.8) is 0 Å². The maximum Gasteiger partial charge on any atom is 0.329 e. The molecule has 3 rings (SSSR count). The topological polar surface area (TPSA) is 90.2 Å². The fourth-order valence-electron chi connectivity index (χ4n) is 3.10. The van der Waals surface area contributed by atoms with Crippen LogP contribution in [0.5, 0.6) is 0 Å². The highest BCUT2D eigenvalue weighted by Crippen LogP contribution is 2.23. The van der Waals surface area contributed by atoms with Crippen LogP contribution in [-0.2, 0) is 27.9 Å². The van der Waals surface area contributed by atoms with Gasteiger partial charge in [-0.25, -0.2) is 4.79 Å². The minimum Gasteiger partial charge on any atom is -0.299 e. The van der Waals surface area contributed by atoms with Crippen LogP contribution in [0.25, 0.3) is 11.0 Å². The average molecular weight is 329 g/mol. The Morgan fingerprint density at radius 3 is 2.67 bits per heavy atom. The largest absolute Gasteiger partial charge is 0.329 e. The molecular weight excluding hydrogens is 310 g/mol. The molecule has 1 N–H and O–H groups in total. The number of Topliss-reactive ketones (excluding diaryl/α,β-unsaturated/α-hetero) is 1. The number of imide groups is 1.